The first kappa shape index (κ1) is 16.3. The van der Waals surface area contributed by atoms with Gasteiger partial charge in [0.15, 0.2) is 0 Å². The second-order valence-electron chi connectivity index (χ2n) is 4.97. The van der Waals surface area contributed by atoms with Crippen LogP contribution < -0.4 is 4.72 Å². The van der Waals surface area contributed by atoms with E-state index in [1.54, 1.807) is 6.07 Å². The van der Waals surface area contributed by atoms with Gasteiger partial charge in [-0.2, -0.15) is 0 Å². The second-order valence-corrected chi connectivity index (χ2v) is 7.06. The Morgan fingerprint density at radius 2 is 2.29 bits per heavy atom. The van der Waals surface area contributed by atoms with Crippen LogP contribution in [-0.2, 0) is 10.0 Å². The first-order chi connectivity index (χ1) is 9.92. The molecule has 114 valence electrons. The number of nitrogens with one attached hydrogen (secondary N) is 1. The third-order valence-electron chi connectivity index (χ3n) is 3.25. The van der Waals surface area contributed by atoms with E-state index in [1.807, 2.05) is 7.05 Å². The molecule has 2 N–H and O–H groups in total. The standard InChI is InChI=1S/C14H17ClN2O3S/c1-17-7-6-12(10-17)16-21(19,20)14-5-4-11(3-2-8-18)9-13(14)15/h4-5,9,12,16,18H,6-8,10H2,1H3. The molecule has 1 unspecified atom stereocenters. The zero-order chi connectivity index (χ0) is 15.5. The van der Waals surface area contributed by atoms with Crippen LogP contribution in [0.5, 0.6) is 0 Å². The monoisotopic (exact) mass is 328 g/mol. The Labute approximate surface area is 130 Å². The molecule has 1 aliphatic rings. The number of hydrogen-bond donors (Lipinski definition) is 2. The van der Waals surface area contributed by atoms with Crippen molar-refractivity contribution in [2.75, 3.05) is 26.7 Å². The summed E-state index contributed by atoms with van der Waals surface area (Å²) in [4.78, 5) is 2.12. The normalized spacial score (nSPS) is 19.3. The van der Waals surface area contributed by atoms with Crippen LogP contribution in [0.4, 0.5) is 0 Å². The van der Waals surface area contributed by atoms with Crippen molar-refractivity contribution in [3.8, 4) is 11.8 Å². The van der Waals surface area contributed by atoms with Crippen molar-refractivity contribution in [1.82, 2.24) is 9.62 Å². The molecule has 0 saturated carbocycles. The van der Waals surface area contributed by atoms with Gasteiger partial charge in [0.1, 0.15) is 11.5 Å². The van der Waals surface area contributed by atoms with Gasteiger partial charge in [-0.25, -0.2) is 13.1 Å². The van der Waals surface area contributed by atoms with Gasteiger partial charge in [0, 0.05) is 18.2 Å². The number of hydrogen-bond acceptors (Lipinski definition) is 4. The topological polar surface area (TPSA) is 69.6 Å². The van der Waals surface area contributed by atoms with E-state index in [4.69, 9.17) is 16.7 Å². The van der Waals surface area contributed by atoms with E-state index in [2.05, 4.69) is 21.5 Å². The van der Waals surface area contributed by atoms with Crippen LogP contribution in [0.1, 0.15) is 12.0 Å². The van der Waals surface area contributed by atoms with Crippen LogP contribution >= 0.6 is 11.6 Å². The van der Waals surface area contributed by atoms with Gasteiger partial charge in [0.2, 0.25) is 10.0 Å². The van der Waals surface area contributed by atoms with Crippen molar-refractivity contribution in [2.24, 2.45) is 0 Å². The molecule has 0 radical (unpaired) electrons. The Bertz CT molecular complexity index is 679. The quantitative estimate of drug-likeness (QED) is 0.800. The summed E-state index contributed by atoms with van der Waals surface area (Å²) in [6.45, 7) is 1.31. The summed E-state index contributed by atoms with van der Waals surface area (Å²) in [5, 5.41) is 8.77. The molecule has 7 heteroatoms. The largest absolute Gasteiger partial charge is 0.384 e. The lowest BCUT2D eigenvalue weighted by molar-refractivity contribution is 0.350. The Kier molecular flexibility index (Phi) is 5.25. The lowest BCUT2D eigenvalue weighted by Gasteiger charge is -2.14. The summed E-state index contributed by atoms with van der Waals surface area (Å²) in [5.74, 6) is 5.18. The van der Waals surface area contributed by atoms with E-state index < -0.39 is 10.0 Å². The van der Waals surface area contributed by atoms with Gasteiger partial charge >= 0.3 is 0 Å². The van der Waals surface area contributed by atoms with Crippen LogP contribution in [-0.4, -0.2) is 51.2 Å². The summed E-state index contributed by atoms with van der Waals surface area (Å²) in [5.41, 5.74) is 0.564. The molecule has 0 aromatic heterocycles. The minimum Gasteiger partial charge on any atom is -0.384 e. The molecule has 5 nitrogen and oxygen atoms in total. The third-order valence-corrected chi connectivity index (χ3v) is 5.25. The lowest BCUT2D eigenvalue weighted by atomic mass is 10.2. The van der Waals surface area contributed by atoms with E-state index in [0.717, 1.165) is 13.0 Å². The van der Waals surface area contributed by atoms with E-state index in [1.165, 1.54) is 12.1 Å². The number of aliphatic hydroxyl groups excluding tert-OH is 1. The fraction of sp³-hybridized carbons (Fsp3) is 0.429. The average Bonchev–Trinajstić information content (AvgIpc) is 2.80. The number of sulfonamides is 1. The molecule has 21 heavy (non-hydrogen) atoms. The summed E-state index contributed by atoms with van der Waals surface area (Å²) in [7, 11) is -1.69. The van der Waals surface area contributed by atoms with E-state index in [9.17, 15) is 8.42 Å². The first-order valence-electron chi connectivity index (χ1n) is 6.52. The smallest absolute Gasteiger partial charge is 0.242 e. The SMILES string of the molecule is CN1CCC(NS(=O)(=O)c2ccc(C#CCO)cc2Cl)C1. The first-order valence-corrected chi connectivity index (χ1v) is 8.38. The number of likely N-dealkylation sites (N-methyl/N-ethyl adjacent to an activating group) is 1. The Balaban J connectivity index is 2.20. The Hall–Kier alpha value is -1.10. The Morgan fingerprint density at radius 3 is 2.86 bits per heavy atom. The van der Waals surface area contributed by atoms with Gasteiger partial charge in [-0.3, -0.25) is 0 Å². The van der Waals surface area contributed by atoms with Crippen LogP contribution in [0.3, 0.4) is 0 Å². The lowest BCUT2D eigenvalue weighted by Crippen LogP contribution is -2.36. The van der Waals surface area contributed by atoms with E-state index >= 15 is 0 Å². The number of nitrogens with zero attached hydrogens (tertiary/aromatic N) is 1. The number of benzene rings is 1. The molecule has 2 rings (SSSR count). The fourth-order valence-electron chi connectivity index (χ4n) is 2.25. The van der Waals surface area contributed by atoms with Crippen LogP contribution in [0.15, 0.2) is 23.1 Å². The maximum Gasteiger partial charge on any atom is 0.242 e. The molecule has 0 aliphatic carbocycles. The minimum absolute atomic E-state index is 0.0493. The summed E-state index contributed by atoms with van der Waals surface area (Å²) in [6, 6.07) is 4.40. The van der Waals surface area contributed by atoms with Crippen LogP contribution in [0.2, 0.25) is 5.02 Å². The molecule has 1 heterocycles. The molecule has 1 atom stereocenters. The number of aliphatic hydroxyl groups is 1. The summed E-state index contributed by atoms with van der Waals surface area (Å²) in [6.07, 6.45) is 0.785. The average molecular weight is 329 g/mol. The molecule has 1 saturated heterocycles. The van der Waals surface area contributed by atoms with Gasteiger partial charge in [-0.15, -0.1) is 0 Å². The molecule has 1 aromatic rings. The highest BCUT2D eigenvalue weighted by molar-refractivity contribution is 7.89. The maximum absolute atomic E-state index is 12.4. The highest BCUT2D eigenvalue weighted by Crippen LogP contribution is 2.23. The fourth-order valence-corrected chi connectivity index (χ4v) is 4.06. The second kappa shape index (κ2) is 6.77. The Morgan fingerprint density at radius 1 is 1.52 bits per heavy atom. The molecular weight excluding hydrogens is 312 g/mol. The van der Waals surface area contributed by atoms with Crippen LogP contribution in [0.25, 0.3) is 0 Å². The number of likely N-dealkylation sites (tertiary alicyclic amines) is 1. The molecule has 0 bridgehead atoms. The van der Waals surface area contributed by atoms with Crippen molar-refractivity contribution in [3.05, 3.63) is 28.8 Å². The third kappa shape index (κ3) is 4.19. The van der Waals surface area contributed by atoms with Crippen molar-refractivity contribution in [3.63, 3.8) is 0 Å². The highest BCUT2D eigenvalue weighted by Gasteiger charge is 2.26. The molecule has 1 aromatic carbocycles. The minimum atomic E-state index is -3.64. The van der Waals surface area contributed by atoms with E-state index in [0.29, 0.717) is 12.1 Å². The molecule has 1 aliphatic heterocycles. The van der Waals surface area contributed by atoms with Crippen LogP contribution in [0, 0.1) is 11.8 Å². The summed E-state index contributed by atoms with van der Waals surface area (Å²) >= 11 is 6.05. The van der Waals surface area contributed by atoms with Crippen molar-refractivity contribution in [1.29, 1.82) is 0 Å². The molecule has 0 amide bonds. The van der Waals surface area contributed by atoms with Gasteiger partial charge in [-0.05, 0) is 38.2 Å². The zero-order valence-corrected chi connectivity index (χ0v) is 13.2. The van der Waals surface area contributed by atoms with Crippen molar-refractivity contribution < 1.29 is 13.5 Å². The summed E-state index contributed by atoms with van der Waals surface area (Å²) < 4.78 is 27.4. The van der Waals surface area contributed by atoms with E-state index in [-0.39, 0.29) is 22.6 Å². The predicted octanol–water partition coefficient (Wildman–Crippen LogP) is 0.666. The van der Waals surface area contributed by atoms with Gasteiger partial charge in [-0.1, -0.05) is 23.4 Å². The molecular formula is C14H17ClN2O3S. The zero-order valence-electron chi connectivity index (χ0n) is 11.6. The van der Waals surface area contributed by atoms with Crippen molar-refractivity contribution in [2.45, 2.75) is 17.4 Å². The van der Waals surface area contributed by atoms with Gasteiger partial charge < -0.3 is 10.0 Å². The maximum atomic E-state index is 12.4. The number of halogens is 1. The highest BCUT2D eigenvalue weighted by atomic mass is 35.5. The molecule has 0 spiro atoms. The predicted molar refractivity (Wildman–Crippen MR) is 81.6 cm³/mol. The van der Waals surface area contributed by atoms with Crippen molar-refractivity contribution >= 4 is 21.6 Å². The molecule has 1 fully saturated rings. The van der Waals surface area contributed by atoms with Gasteiger partial charge in [0.05, 0.1) is 5.02 Å². The van der Waals surface area contributed by atoms with Gasteiger partial charge in [0.25, 0.3) is 0 Å². The number of rotatable bonds is 3.